The van der Waals surface area contributed by atoms with E-state index in [1.807, 2.05) is 30.3 Å². The van der Waals surface area contributed by atoms with Gasteiger partial charge in [0, 0.05) is 28.6 Å². The number of hydrogen-bond donors (Lipinski definition) is 1. The average molecular weight is 537 g/mol. The fourth-order valence-corrected chi connectivity index (χ4v) is 5.33. The summed E-state index contributed by atoms with van der Waals surface area (Å²) in [7, 11) is 1.61. The predicted molar refractivity (Wildman–Crippen MR) is 155 cm³/mol. The lowest BCUT2D eigenvalue weighted by molar-refractivity contribution is -0.142. The highest BCUT2D eigenvalue weighted by atomic mass is 16.5. The average Bonchev–Trinajstić information content (AvgIpc) is 3.28. The first-order chi connectivity index (χ1) is 19.6. The molecule has 0 amide bonds. The van der Waals surface area contributed by atoms with Gasteiger partial charge in [-0.2, -0.15) is 5.10 Å². The molecule has 0 saturated heterocycles. The Morgan fingerprint density at radius 1 is 1.05 bits per heavy atom. The molecule has 3 aromatic carbocycles. The van der Waals surface area contributed by atoms with Crippen molar-refractivity contribution in [1.29, 1.82) is 0 Å². The van der Waals surface area contributed by atoms with Crippen molar-refractivity contribution >= 4 is 33.5 Å². The molecule has 0 unspecified atom stereocenters. The summed E-state index contributed by atoms with van der Waals surface area (Å²) >= 11 is 0. The molecule has 8 heteroatoms. The lowest BCUT2D eigenvalue weighted by atomic mass is 9.93. The number of carbonyl (C=O) groups is 1. The SMILES string of the molecule is CCOC(=O)Cc1ccc(OC)cc1OCc1nn(C2CCC2)c2ccc(-c3cccc4c(N)nccc34)cc12. The Hall–Kier alpha value is -4.59. The van der Waals surface area contributed by atoms with Crippen LogP contribution in [0.1, 0.15) is 43.5 Å². The molecule has 1 aliphatic rings. The quantitative estimate of drug-likeness (QED) is 0.222. The van der Waals surface area contributed by atoms with E-state index in [9.17, 15) is 4.79 Å². The monoisotopic (exact) mass is 536 g/mol. The molecule has 6 rings (SSSR count). The fourth-order valence-electron chi connectivity index (χ4n) is 5.33. The molecule has 2 aromatic heterocycles. The van der Waals surface area contributed by atoms with Gasteiger partial charge in [0.25, 0.3) is 0 Å². The van der Waals surface area contributed by atoms with E-state index in [0.717, 1.165) is 56.9 Å². The molecule has 0 spiro atoms. The first-order valence-corrected chi connectivity index (χ1v) is 13.7. The summed E-state index contributed by atoms with van der Waals surface area (Å²) in [5.41, 5.74) is 11.0. The van der Waals surface area contributed by atoms with Crippen molar-refractivity contribution in [2.45, 2.75) is 45.3 Å². The summed E-state index contributed by atoms with van der Waals surface area (Å²) in [6, 6.07) is 20.5. The molecule has 1 aliphatic carbocycles. The van der Waals surface area contributed by atoms with Crippen molar-refractivity contribution in [1.82, 2.24) is 14.8 Å². The zero-order chi connectivity index (χ0) is 27.6. The van der Waals surface area contributed by atoms with E-state index in [4.69, 9.17) is 25.0 Å². The van der Waals surface area contributed by atoms with Gasteiger partial charge in [0.05, 0.1) is 31.7 Å². The number of hydrogen-bond acceptors (Lipinski definition) is 7. The van der Waals surface area contributed by atoms with Crippen molar-refractivity contribution in [2.75, 3.05) is 19.5 Å². The van der Waals surface area contributed by atoms with E-state index in [-0.39, 0.29) is 19.0 Å². The number of rotatable bonds is 9. The Balaban J connectivity index is 1.39. The Labute approximate surface area is 232 Å². The van der Waals surface area contributed by atoms with Crippen LogP contribution in [0.3, 0.4) is 0 Å². The maximum Gasteiger partial charge on any atom is 0.310 e. The van der Waals surface area contributed by atoms with E-state index in [1.54, 1.807) is 26.3 Å². The van der Waals surface area contributed by atoms with Gasteiger partial charge < -0.3 is 19.9 Å². The van der Waals surface area contributed by atoms with Gasteiger partial charge in [0.1, 0.15) is 29.6 Å². The summed E-state index contributed by atoms with van der Waals surface area (Å²) in [5.74, 6) is 1.45. The maximum absolute atomic E-state index is 12.2. The summed E-state index contributed by atoms with van der Waals surface area (Å²) < 4.78 is 19.1. The highest BCUT2D eigenvalue weighted by Gasteiger charge is 2.24. The van der Waals surface area contributed by atoms with Gasteiger partial charge in [-0.05, 0) is 67.0 Å². The third-order valence-electron chi connectivity index (χ3n) is 7.63. The molecular weight excluding hydrogens is 504 g/mol. The van der Waals surface area contributed by atoms with Crippen LogP contribution in [-0.4, -0.2) is 34.5 Å². The molecule has 0 aliphatic heterocycles. The van der Waals surface area contributed by atoms with E-state index < -0.39 is 0 Å². The molecule has 40 heavy (non-hydrogen) atoms. The van der Waals surface area contributed by atoms with Crippen molar-refractivity contribution in [3.8, 4) is 22.6 Å². The van der Waals surface area contributed by atoms with Crippen LogP contribution in [-0.2, 0) is 22.6 Å². The van der Waals surface area contributed by atoms with E-state index in [0.29, 0.717) is 30.0 Å². The molecule has 0 atom stereocenters. The number of nitrogen functional groups attached to an aromatic ring is 1. The molecule has 0 bridgehead atoms. The summed E-state index contributed by atoms with van der Waals surface area (Å²) in [4.78, 5) is 16.5. The van der Waals surface area contributed by atoms with Crippen molar-refractivity contribution in [3.05, 3.63) is 78.1 Å². The molecule has 204 valence electrons. The first-order valence-electron chi connectivity index (χ1n) is 13.7. The molecule has 1 saturated carbocycles. The van der Waals surface area contributed by atoms with Crippen LogP contribution in [0.5, 0.6) is 11.5 Å². The maximum atomic E-state index is 12.2. The zero-order valence-corrected chi connectivity index (χ0v) is 22.7. The van der Waals surface area contributed by atoms with Crippen molar-refractivity contribution in [2.24, 2.45) is 0 Å². The molecule has 0 radical (unpaired) electrons. The normalized spacial score (nSPS) is 13.3. The Kier molecular flexibility index (Phi) is 6.99. The largest absolute Gasteiger partial charge is 0.497 e. The minimum Gasteiger partial charge on any atom is -0.497 e. The molecule has 5 aromatic rings. The number of pyridine rings is 1. The second kappa shape index (κ2) is 10.9. The third-order valence-corrected chi connectivity index (χ3v) is 7.63. The van der Waals surface area contributed by atoms with E-state index in [2.05, 4.69) is 33.9 Å². The van der Waals surface area contributed by atoms with E-state index >= 15 is 0 Å². The molecule has 2 heterocycles. The minimum atomic E-state index is -0.298. The van der Waals surface area contributed by atoms with Crippen LogP contribution in [0, 0.1) is 0 Å². The minimum absolute atomic E-state index is 0.119. The van der Waals surface area contributed by atoms with Gasteiger partial charge in [-0.25, -0.2) is 4.98 Å². The summed E-state index contributed by atoms with van der Waals surface area (Å²) in [6.07, 6.45) is 5.31. The van der Waals surface area contributed by atoms with Gasteiger partial charge in [-0.1, -0.05) is 30.3 Å². The predicted octanol–water partition coefficient (Wildman–Crippen LogP) is 6.25. The topological polar surface area (TPSA) is 101 Å². The van der Waals surface area contributed by atoms with Crippen LogP contribution in [0.15, 0.2) is 66.9 Å². The standard InChI is InChI=1S/C32H32N4O4/c1-3-39-31(37)17-21-10-12-23(38-2)18-30(21)40-19-28-27-16-20(11-13-29(27)36(35-28)22-6-4-7-22)24-8-5-9-26-25(24)14-15-34-32(26)33/h5,8-16,18,22H,3-4,6-7,17,19H2,1-2H3,(H2,33,34). The van der Waals surface area contributed by atoms with Gasteiger partial charge in [-0.15, -0.1) is 0 Å². The van der Waals surface area contributed by atoms with Crippen molar-refractivity contribution < 1.29 is 19.0 Å². The number of nitrogens with zero attached hydrogens (tertiary/aromatic N) is 3. The number of benzene rings is 3. The van der Waals surface area contributed by atoms with E-state index in [1.165, 1.54) is 6.42 Å². The van der Waals surface area contributed by atoms with Crippen molar-refractivity contribution in [3.63, 3.8) is 0 Å². The van der Waals surface area contributed by atoms with Gasteiger partial charge in [0.15, 0.2) is 0 Å². The van der Waals surface area contributed by atoms with Crippen LogP contribution in [0.4, 0.5) is 5.82 Å². The fraction of sp³-hybridized carbons (Fsp3) is 0.281. The number of fused-ring (bicyclic) bond motifs is 2. The number of nitrogens with two attached hydrogens (primary N) is 1. The van der Waals surface area contributed by atoms with Crippen LogP contribution >= 0.6 is 0 Å². The highest BCUT2D eigenvalue weighted by molar-refractivity contribution is 6.02. The highest BCUT2D eigenvalue weighted by Crippen LogP contribution is 2.38. The number of aromatic nitrogens is 3. The Morgan fingerprint density at radius 2 is 1.93 bits per heavy atom. The first kappa shape index (κ1) is 25.7. The van der Waals surface area contributed by atoms with Gasteiger partial charge in [0.2, 0.25) is 0 Å². The number of methoxy groups -OCH3 is 1. The second-order valence-corrected chi connectivity index (χ2v) is 10.0. The summed E-state index contributed by atoms with van der Waals surface area (Å²) in [5, 5.41) is 8.06. The lowest BCUT2D eigenvalue weighted by Crippen LogP contribution is -2.18. The lowest BCUT2D eigenvalue weighted by Gasteiger charge is -2.26. The number of ether oxygens (including phenoxy) is 3. The van der Waals surface area contributed by atoms with Crippen LogP contribution in [0.25, 0.3) is 32.8 Å². The van der Waals surface area contributed by atoms with Gasteiger partial charge in [-0.3, -0.25) is 9.48 Å². The van der Waals surface area contributed by atoms with Crippen LogP contribution < -0.4 is 15.2 Å². The second-order valence-electron chi connectivity index (χ2n) is 10.0. The van der Waals surface area contributed by atoms with Gasteiger partial charge >= 0.3 is 5.97 Å². The number of anilines is 1. The third kappa shape index (κ3) is 4.81. The smallest absolute Gasteiger partial charge is 0.310 e. The summed E-state index contributed by atoms with van der Waals surface area (Å²) in [6.45, 7) is 2.37. The van der Waals surface area contributed by atoms with Crippen LogP contribution in [0.2, 0.25) is 0 Å². The molecular formula is C32H32N4O4. The molecule has 2 N–H and O–H groups in total. The number of esters is 1. The Bertz CT molecular complexity index is 1710. The molecule has 1 fully saturated rings. The zero-order valence-electron chi connectivity index (χ0n) is 22.7. The molecule has 8 nitrogen and oxygen atoms in total. The number of carbonyl (C=O) groups excluding carboxylic acids is 1. The Morgan fingerprint density at radius 3 is 2.70 bits per heavy atom.